The van der Waals surface area contributed by atoms with Gasteiger partial charge in [-0.15, -0.1) is 0 Å². The van der Waals surface area contributed by atoms with Crippen molar-refractivity contribution in [3.8, 4) is 0 Å². The van der Waals surface area contributed by atoms with Crippen LogP contribution in [0.5, 0.6) is 0 Å². The molecule has 0 rings (SSSR count). The van der Waals surface area contributed by atoms with Gasteiger partial charge in [0.15, 0.2) is 25.0 Å². The molecule has 0 N–H and O–H groups in total. The van der Waals surface area contributed by atoms with E-state index in [1.807, 2.05) is 6.92 Å². The van der Waals surface area contributed by atoms with E-state index in [1.54, 1.807) is 0 Å². The quantitative estimate of drug-likeness (QED) is 0.376. The van der Waals surface area contributed by atoms with Crippen LogP contribution < -0.4 is 0 Å². The zero-order valence-electron chi connectivity index (χ0n) is 16.5. The molecule has 0 radical (unpaired) electrons. The molecule has 0 spiro atoms. The van der Waals surface area contributed by atoms with Crippen molar-refractivity contribution in [2.24, 2.45) is 0 Å². The van der Waals surface area contributed by atoms with E-state index in [0.29, 0.717) is 0 Å². The average molecular weight is 383 g/mol. The van der Waals surface area contributed by atoms with E-state index in [-0.39, 0.29) is 0 Å². The molecule has 4 nitrogen and oxygen atoms in total. The van der Waals surface area contributed by atoms with Gasteiger partial charge in [-0.3, -0.25) is 0 Å². The summed E-state index contributed by atoms with van der Waals surface area (Å²) in [5.74, 6) is 0. The molecule has 0 fully saturated rings. The van der Waals surface area contributed by atoms with Crippen molar-refractivity contribution in [3.05, 3.63) is 0 Å². The van der Waals surface area contributed by atoms with Gasteiger partial charge in [-0.2, -0.15) is 0 Å². The van der Waals surface area contributed by atoms with Crippen LogP contribution in [-0.2, 0) is 17.1 Å². The van der Waals surface area contributed by atoms with E-state index in [9.17, 15) is 0 Å². The first kappa shape index (κ1) is 22.7. The second kappa shape index (κ2) is 8.70. The predicted molar refractivity (Wildman–Crippen MR) is 105 cm³/mol. The minimum Gasteiger partial charge on any atom is -0.417 e. The van der Waals surface area contributed by atoms with Crippen LogP contribution in [0.4, 0.5) is 0 Å². The van der Waals surface area contributed by atoms with Gasteiger partial charge in [-0.25, -0.2) is 0 Å². The zero-order valence-corrected chi connectivity index (χ0v) is 20.5. The van der Waals surface area contributed by atoms with Crippen molar-refractivity contribution in [2.75, 3.05) is 13.2 Å². The summed E-state index contributed by atoms with van der Waals surface area (Å²) in [5.41, 5.74) is 0. The molecule has 0 saturated heterocycles. The standard InChI is InChI=1S/C14H38O4Si4/c1-11-15-13-12-14-22(16-19(2,3)4,17-20(5,6)7)18-21(8,9)10/h11-14H2,1-10H3. The van der Waals surface area contributed by atoms with Gasteiger partial charge in [0, 0.05) is 19.3 Å². The molecule has 0 saturated carbocycles. The van der Waals surface area contributed by atoms with Crippen LogP contribution in [0, 0.1) is 0 Å². The monoisotopic (exact) mass is 382 g/mol. The van der Waals surface area contributed by atoms with Crippen LogP contribution in [0.3, 0.4) is 0 Å². The van der Waals surface area contributed by atoms with E-state index in [4.69, 9.17) is 17.1 Å². The highest BCUT2D eigenvalue weighted by atomic mass is 28.5. The van der Waals surface area contributed by atoms with E-state index in [0.717, 1.165) is 25.7 Å². The maximum Gasteiger partial charge on any atom is 0.469 e. The summed E-state index contributed by atoms with van der Waals surface area (Å²) in [6.45, 7) is 23.5. The third kappa shape index (κ3) is 12.2. The van der Waals surface area contributed by atoms with Crippen LogP contribution >= 0.6 is 0 Å². The summed E-state index contributed by atoms with van der Waals surface area (Å²) >= 11 is 0. The SMILES string of the molecule is CCOCCC[Si](O[Si](C)(C)C)(O[Si](C)(C)C)O[Si](C)(C)C. The van der Waals surface area contributed by atoms with E-state index in [1.165, 1.54) is 0 Å². The lowest BCUT2D eigenvalue weighted by molar-refractivity contribution is 0.143. The molecule has 0 aliphatic heterocycles. The van der Waals surface area contributed by atoms with E-state index < -0.39 is 33.8 Å². The van der Waals surface area contributed by atoms with Crippen molar-refractivity contribution in [1.29, 1.82) is 0 Å². The molecule has 0 unspecified atom stereocenters. The smallest absolute Gasteiger partial charge is 0.417 e. The Morgan fingerprint density at radius 2 is 1.00 bits per heavy atom. The average Bonchev–Trinajstić information content (AvgIpc) is 2.16. The Labute approximate surface area is 142 Å². The summed E-state index contributed by atoms with van der Waals surface area (Å²) in [6.07, 6.45) is 0.944. The molecule has 0 heterocycles. The van der Waals surface area contributed by atoms with Gasteiger partial charge in [0.1, 0.15) is 0 Å². The number of hydrogen-bond acceptors (Lipinski definition) is 4. The Morgan fingerprint density at radius 1 is 0.636 bits per heavy atom. The molecule has 0 atom stereocenters. The minimum atomic E-state index is -2.65. The first-order valence-corrected chi connectivity index (χ1v) is 20.5. The van der Waals surface area contributed by atoms with Crippen LogP contribution in [0.1, 0.15) is 13.3 Å². The van der Waals surface area contributed by atoms with Crippen LogP contribution in [0.25, 0.3) is 0 Å². The van der Waals surface area contributed by atoms with Gasteiger partial charge < -0.3 is 17.1 Å². The highest BCUT2D eigenvalue weighted by Crippen LogP contribution is 2.29. The number of ether oxygens (including phenoxy) is 1. The number of hydrogen-bond donors (Lipinski definition) is 0. The molecule has 0 amide bonds. The van der Waals surface area contributed by atoms with E-state index >= 15 is 0 Å². The Balaban J connectivity index is 5.30. The molecular formula is C14H38O4Si4. The Hall–Kier alpha value is 0.708. The fourth-order valence-electron chi connectivity index (χ4n) is 2.15. The van der Waals surface area contributed by atoms with Crippen LogP contribution in [0.15, 0.2) is 0 Å². The first-order valence-electron chi connectivity index (χ1n) is 8.36. The van der Waals surface area contributed by atoms with Gasteiger partial charge in [0.05, 0.1) is 0 Å². The lowest BCUT2D eigenvalue weighted by Gasteiger charge is -2.42. The van der Waals surface area contributed by atoms with Gasteiger partial charge >= 0.3 is 8.80 Å². The third-order valence-electron chi connectivity index (χ3n) is 2.36. The normalized spacial score (nSPS) is 14.5. The molecule has 0 aromatic rings. The van der Waals surface area contributed by atoms with Crippen molar-refractivity contribution in [3.63, 3.8) is 0 Å². The topological polar surface area (TPSA) is 36.9 Å². The summed E-state index contributed by atoms with van der Waals surface area (Å²) in [7, 11) is -7.88. The van der Waals surface area contributed by atoms with Crippen LogP contribution in [0.2, 0.25) is 65.0 Å². The molecule has 8 heteroatoms. The summed E-state index contributed by atoms with van der Waals surface area (Å²) in [6, 6.07) is 0.867. The summed E-state index contributed by atoms with van der Waals surface area (Å²) in [5, 5.41) is 0. The van der Waals surface area contributed by atoms with Gasteiger partial charge in [0.25, 0.3) is 0 Å². The van der Waals surface area contributed by atoms with Crippen molar-refractivity contribution in [2.45, 2.75) is 78.3 Å². The van der Waals surface area contributed by atoms with Gasteiger partial charge in [-0.1, -0.05) is 0 Å². The molecule has 0 bridgehead atoms. The highest BCUT2D eigenvalue weighted by Gasteiger charge is 2.49. The summed E-state index contributed by atoms with van der Waals surface area (Å²) in [4.78, 5) is 0. The Kier molecular flexibility index (Phi) is 8.98. The Morgan fingerprint density at radius 3 is 1.27 bits per heavy atom. The molecule has 0 aromatic carbocycles. The fourth-order valence-corrected chi connectivity index (χ4v) is 16.8. The lowest BCUT2D eigenvalue weighted by atomic mass is 10.5. The molecule has 0 aliphatic carbocycles. The van der Waals surface area contributed by atoms with Crippen LogP contribution in [-0.4, -0.2) is 47.0 Å². The molecule has 0 aliphatic rings. The third-order valence-corrected chi connectivity index (χ3v) is 14.4. The largest absolute Gasteiger partial charge is 0.469 e. The predicted octanol–water partition coefficient (Wildman–Crippen LogP) is 4.91. The van der Waals surface area contributed by atoms with Crippen molar-refractivity contribution >= 4 is 33.8 Å². The second-order valence-electron chi connectivity index (χ2n) is 8.63. The minimum absolute atomic E-state index is 0.754. The van der Waals surface area contributed by atoms with Gasteiger partial charge in [-0.05, 0) is 72.3 Å². The molecule has 22 heavy (non-hydrogen) atoms. The second-order valence-corrected chi connectivity index (χ2v) is 25.6. The maximum atomic E-state index is 6.60. The van der Waals surface area contributed by atoms with Gasteiger partial charge in [0.2, 0.25) is 0 Å². The maximum absolute atomic E-state index is 6.60. The number of rotatable bonds is 11. The zero-order chi connectivity index (χ0) is 17.7. The molecule has 0 aromatic heterocycles. The van der Waals surface area contributed by atoms with Crippen molar-refractivity contribution < 1.29 is 17.1 Å². The fraction of sp³-hybridized carbons (Fsp3) is 1.00. The highest BCUT2D eigenvalue weighted by molar-refractivity contribution is 6.90. The Bertz CT molecular complexity index is 277. The van der Waals surface area contributed by atoms with E-state index in [2.05, 4.69) is 58.9 Å². The van der Waals surface area contributed by atoms with Crippen molar-refractivity contribution in [1.82, 2.24) is 0 Å². The summed E-state index contributed by atoms with van der Waals surface area (Å²) < 4.78 is 25.3. The lowest BCUT2D eigenvalue weighted by Crippen LogP contribution is -2.60. The molecular weight excluding hydrogens is 344 g/mol. The molecule has 134 valence electrons. The first-order chi connectivity index (χ1) is 9.68.